The number of nitrogens with one attached hydrogen (secondary N) is 1. The summed E-state index contributed by atoms with van der Waals surface area (Å²) in [4.78, 5) is 14.4. The van der Waals surface area contributed by atoms with Crippen molar-refractivity contribution in [1.82, 2.24) is 4.90 Å². The van der Waals surface area contributed by atoms with Crippen molar-refractivity contribution in [3.8, 4) is 0 Å². The number of sulfonamides is 1. The molecule has 7 heteroatoms. The number of anilines is 1. The molecule has 0 saturated carbocycles. The maximum atomic E-state index is 12.9. The Morgan fingerprint density at radius 2 is 1.77 bits per heavy atom. The van der Waals surface area contributed by atoms with Gasteiger partial charge in [-0.25, -0.2) is 12.8 Å². The van der Waals surface area contributed by atoms with Gasteiger partial charge in [0.15, 0.2) is 0 Å². The summed E-state index contributed by atoms with van der Waals surface area (Å²) in [6, 6.07) is 10.9. The van der Waals surface area contributed by atoms with Crippen LogP contribution in [-0.4, -0.2) is 32.3 Å². The molecule has 0 radical (unpaired) electrons. The second kappa shape index (κ2) is 7.45. The monoisotopic (exact) mass is 376 g/mol. The van der Waals surface area contributed by atoms with E-state index in [9.17, 15) is 17.6 Å². The number of carbonyl (C=O) groups excluding carboxylic acids is 1. The smallest absolute Gasteiger partial charge is 0.261 e. The van der Waals surface area contributed by atoms with Gasteiger partial charge in [0.1, 0.15) is 5.82 Å². The van der Waals surface area contributed by atoms with E-state index in [0.29, 0.717) is 17.2 Å². The number of hydrogen-bond donors (Lipinski definition) is 1. The zero-order valence-electron chi connectivity index (χ0n) is 14.5. The molecule has 1 atom stereocenters. The number of amides is 1. The molecule has 0 aliphatic carbocycles. The molecule has 1 N–H and O–H groups in total. The van der Waals surface area contributed by atoms with E-state index in [-0.39, 0.29) is 10.8 Å². The Balaban J connectivity index is 1.71. The average molecular weight is 376 g/mol. The molecule has 1 aliphatic rings. The van der Waals surface area contributed by atoms with Crippen LogP contribution in [0.2, 0.25) is 0 Å². The van der Waals surface area contributed by atoms with Crippen molar-refractivity contribution in [1.29, 1.82) is 0 Å². The van der Waals surface area contributed by atoms with Crippen molar-refractivity contribution in [2.24, 2.45) is 5.92 Å². The third-order valence-electron chi connectivity index (χ3n) is 4.45. The Morgan fingerprint density at radius 1 is 1.12 bits per heavy atom. The summed E-state index contributed by atoms with van der Waals surface area (Å²) in [6.45, 7) is 3.63. The second-order valence-corrected chi connectivity index (χ2v) is 8.32. The van der Waals surface area contributed by atoms with Crippen LogP contribution < -0.4 is 4.72 Å². The summed E-state index contributed by atoms with van der Waals surface area (Å²) in [7, 11) is -3.80. The number of hydrogen-bond acceptors (Lipinski definition) is 3. The maximum Gasteiger partial charge on any atom is 0.261 e. The van der Waals surface area contributed by atoms with E-state index in [1.54, 1.807) is 24.3 Å². The first-order valence-electron chi connectivity index (χ1n) is 8.53. The van der Waals surface area contributed by atoms with Gasteiger partial charge in [-0.15, -0.1) is 0 Å². The van der Waals surface area contributed by atoms with E-state index < -0.39 is 15.8 Å². The minimum atomic E-state index is -3.80. The summed E-state index contributed by atoms with van der Waals surface area (Å²) >= 11 is 0. The zero-order chi connectivity index (χ0) is 18.7. The molecule has 1 aliphatic heterocycles. The molecule has 0 spiro atoms. The topological polar surface area (TPSA) is 66.5 Å². The van der Waals surface area contributed by atoms with Gasteiger partial charge in [-0.1, -0.05) is 6.92 Å². The van der Waals surface area contributed by atoms with Crippen LogP contribution in [0.15, 0.2) is 53.4 Å². The van der Waals surface area contributed by atoms with Crippen molar-refractivity contribution in [3.05, 3.63) is 59.9 Å². The van der Waals surface area contributed by atoms with E-state index in [2.05, 4.69) is 11.6 Å². The molecule has 2 aromatic carbocycles. The number of nitrogens with zero attached hydrogens (tertiary/aromatic N) is 1. The fourth-order valence-electron chi connectivity index (χ4n) is 3.07. The first-order valence-corrected chi connectivity index (χ1v) is 10.0. The van der Waals surface area contributed by atoms with Crippen molar-refractivity contribution in [3.63, 3.8) is 0 Å². The number of carbonyl (C=O) groups is 1. The van der Waals surface area contributed by atoms with Gasteiger partial charge in [-0.3, -0.25) is 9.52 Å². The molecule has 2 aromatic rings. The van der Waals surface area contributed by atoms with E-state index in [1.807, 2.05) is 4.90 Å². The number of halogens is 1. The van der Waals surface area contributed by atoms with Crippen molar-refractivity contribution in [2.75, 3.05) is 17.8 Å². The predicted molar refractivity (Wildman–Crippen MR) is 98.0 cm³/mol. The number of benzene rings is 2. The molecule has 1 unspecified atom stereocenters. The fraction of sp³-hybridized carbons (Fsp3) is 0.316. The molecule has 0 aromatic heterocycles. The molecule has 1 fully saturated rings. The molecule has 1 amide bonds. The lowest BCUT2D eigenvalue weighted by molar-refractivity contribution is 0.0683. The lowest BCUT2D eigenvalue weighted by atomic mass is 9.99. The van der Waals surface area contributed by atoms with Crippen molar-refractivity contribution >= 4 is 21.6 Å². The van der Waals surface area contributed by atoms with Gasteiger partial charge in [0.05, 0.1) is 4.90 Å². The largest absolute Gasteiger partial charge is 0.338 e. The Hall–Kier alpha value is -2.41. The maximum absolute atomic E-state index is 12.9. The van der Waals surface area contributed by atoms with E-state index in [4.69, 9.17) is 0 Å². The third-order valence-corrected chi connectivity index (χ3v) is 5.85. The van der Waals surface area contributed by atoms with E-state index in [0.717, 1.165) is 38.1 Å². The van der Waals surface area contributed by atoms with Gasteiger partial charge < -0.3 is 4.90 Å². The zero-order valence-corrected chi connectivity index (χ0v) is 15.3. The highest BCUT2D eigenvalue weighted by atomic mass is 32.2. The van der Waals surface area contributed by atoms with Crippen LogP contribution in [-0.2, 0) is 10.0 Å². The van der Waals surface area contributed by atoms with Crippen molar-refractivity contribution in [2.45, 2.75) is 24.7 Å². The normalized spacial score (nSPS) is 17.8. The number of piperidine rings is 1. The standard InChI is InChI=1S/C19H21FN2O3S/c1-14-3-2-12-22(13-14)19(23)15-4-8-17(9-5-15)21-26(24,25)18-10-6-16(20)7-11-18/h4-11,14,21H,2-3,12-13H2,1H3. The summed E-state index contributed by atoms with van der Waals surface area (Å²) in [5, 5.41) is 0. The Labute approximate surface area is 152 Å². The molecule has 1 saturated heterocycles. The fourth-order valence-corrected chi connectivity index (χ4v) is 4.12. The number of rotatable bonds is 4. The summed E-state index contributed by atoms with van der Waals surface area (Å²) < 4.78 is 40.0. The summed E-state index contributed by atoms with van der Waals surface area (Å²) in [5.74, 6) is -0.0437. The highest BCUT2D eigenvalue weighted by molar-refractivity contribution is 7.92. The van der Waals surface area contributed by atoms with Crippen LogP contribution in [0.1, 0.15) is 30.1 Å². The van der Waals surface area contributed by atoms with Gasteiger partial charge in [0.25, 0.3) is 15.9 Å². The predicted octanol–water partition coefficient (Wildman–Crippen LogP) is 3.50. The van der Waals surface area contributed by atoms with Gasteiger partial charge in [0, 0.05) is 24.3 Å². The Bertz CT molecular complexity index is 880. The first-order chi connectivity index (χ1) is 12.3. The van der Waals surface area contributed by atoms with Gasteiger partial charge in [-0.05, 0) is 67.3 Å². The highest BCUT2D eigenvalue weighted by Gasteiger charge is 2.22. The lowest BCUT2D eigenvalue weighted by Gasteiger charge is -2.31. The minimum absolute atomic E-state index is 0.0265. The Kier molecular flexibility index (Phi) is 5.27. The van der Waals surface area contributed by atoms with Crippen molar-refractivity contribution < 1.29 is 17.6 Å². The SMILES string of the molecule is CC1CCCN(C(=O)c2ccc(NS(=O)(=O)c3ccc(F)cc3)cc2)C1. The quantitative estimate of drug-likeness (QED) is 0.888. The van der Waals surface area contributed by atoms with Crippen LogP contribution in [0.25, 0.3) is 0 Å². The molecule has 5 nitrogen and oxygen atoms in total. The number of likely N-dealkylation sites (tertiary alicyclic amines) is 1. The molecule has 0 bridgehead atoms. The summed E-state index contributed by atoms with van der Waals surface area (Å²) in [5.41, 5.74) is 0.877. The van der Waals surface area contributed by atoms with E-state index >= 15 is 0 Å². The first kappa shape index (κ1) is 18.4. The van der Waals surface area contributed by atoms with Gasteiger partial charge in [-0.2, -0.15) is 0 Å². The molecular formula is C19H21FN2O3S. The highest BCUT2D eigenvalue weighted by Crippen LogP contribution is 2.20. The van der Waals surface area contributed by atoms with Gasteiger partial charge in [0.2, 0.25) is 0 Å². The lowest BCUT2D eigenvalue weighted by Crippen LogP contribution is -2.39. The molecule has 1 heterocycles. The Morgan fingerprint density at radius 3 is 2.38 bits per heavy atom. The average Bonchev–Trinajstić information content (AvgIpc) is 2.62. The molecule has 26 heavy (non-hydrogen) atoms. The second-order valence-electron chi connectivity index (χ2n) is 6.64. The van der Waals surface area contributed by atoms with Crippen LogP contribution in [0.5, 0.6) is 0 Å². The van der Waals surface area contributed by atoms with Crippen LogP contribution in [0.3, 0.4) is 0 Å². The molecule has 138 valence electrons. The third kappa shape index (κ3) is 4.22. The van der Waals surface area contributed by atoms with E-state index in [1.165, 1.54) is 12.1 Å². The molecular weight excluding hydrogens is 355 g/mol. The summed E-state index contributed by atoms with van der Waals surface area (Å²) in [6.07, 6.45) is 2.14. The molecule has 3 rings (SSSR count). The van der Waals surface area contributed by atoms with Crippen LogP contribution >= 0.6 is 0 Å². The van der Waals surface area contributed by atoms with Crippen LogP contribution in [0, 0.1) is 11.7 Å². The van der Waals surface area contributed by atoms with Gasteiger partial charge >= 0.3 is 0 Å². The van der Waals surface area contributed by atoms with Crippen LogP contribution in [0.4, 0.5) is 10.1 Å². The minimum Gasteiger partial charge on any atom is -0.338 e.